The van der Waals surface area contributed by atoms with E-state index in [1.165, 1.54) is 24.0 Å². The highest BCUT2D eigenvalue weighted by Gasteiger charge is 2.26. The molecule has 0 saturated carbocycles. The Morgan fingerprint density at radius 1 is 1.14 bits per heavy atom. The second-order valence-corrected chi connectivity index (χ2v) is 5.31. The van der Waals surface area contributed by atoms with Crippen molar-refractivity contribution in [2.75, 3.05) is 26.2 Å². The van der Waals surface area contributed by atoms with Crippen LogP contribution < -0.4 is 0 Å². The first-order valence-corrected chi connectivity index (χ1v) is 6.92. The van der Waals surface area contributed by atoms with Crippen molar-refractivity contribution < 1.29 is 19.1 Å². The molecule has 0 unspecified atom stereocenters. The summed E-state index contributed by atoms with van der Waals surface area (Å²) in [6, 6.07) is 4.25. The molecule has 114 valence electrons. The van der Waals surface area contributed by atoms with Crippen molar-refractivity contribution in [2.45, 2.75) is 20.0 Å². The van der Waals surface area contributed by atoms with E-state index in [1.54, 1.807) is 17.9 Å². The zero-order valence-electron chi connectivity index (χ0n) is 12.2. The van der Waals surface area contributed by atoms with E-state index < -0.39 is 11.9 Å². The number of benzene rings is 1. The third-order valence-electron chi connectivity index (χ3n) is 3.53. The summed E-state index contributed by atoms with van der Waals surface area (Å²) in [6.45, 7) is 4.68. The summed E-state index contributed by atoms with van der Waals surface area (Å²) in [5, 5.41) is 9.27. The fourth-order valence-corrected chi connectivity index (χ4v) is 2.44. The lowest BCUT2D eigenvalue weighted by Gasteiger charge is -2.35. The average molecular weight is 294 g/mol. The summed E-state index contributed by atoms with van der Waals surface area (Å²) in [5.41, 5.74) is 1.02. The van der Waals surface area contributed by atoms with Crippen LogP contribution in [0.15, 0.2) is 18.2 Å². The highest BCUT2D eigenvalue weighted by molar-refractivity contribution is 5.94. The van der Waals surface area contributed by atoms with Crippen LogP contribution in [0.3, 0.4) is 0 Å². The van der Waals surface area contributed by atoms with Crippen molar-refractivity contribution >= 4 is 11.8 Å². The van der Waals surface area contributed by atoms with E-state index in [2.05, 4.69) is 0 Å². The van der Waals surface area contributed by atoms with E-state index in [-0.39, 0.29) is 11.8 Å². The number of nitrogens with zero attached hydrogens (tertiary/aromatic N) is 2. The quantitative estimate of drug-likeness (QED) is 0.877. The molecule has 1 aromatic carbocycles. The van der Waals surface area contributed by atoms with Crippen molar-refractivity contribution in [3.8, 4) is 0 Å². The van der Waals surface area contributed by atoms with Crippen LogP contribution >= 0.6 is 0 Å². The van der Waals surface area contributed by atoms with Crippen LogP contribution in [0, 0.1) is 12.7 Å². The second-order valence-electron chi connectivity index (χ2n) is 5.31. The predicted molar refractivity (Wildman–Crippen MR) is 75.3 cm³/mol. The monoisotopic (exact) mass is 294 g/mol. The minimum absolute atomic E-state index is 0.234. The molecule has 21 heavy (non-hydrogen) atoms. The Bertz CT molecular complexity index is 532. The molecule has 1 aliphatic heterocycles. The normalized spacial score (nSPS) is 16.8. The lowest BCUT2D eigenvalue weighted by Crippen LogP contribution is -2.52. The summed E-state index contributed by atoms with van der Waals surface area (Å²) in [7, 11) is 0. The van der Waals surface area contributed by atoms with Crippen molar-refractivity contribution in [1.29, 1.82) is 0 Å². The number of aliphatic hydroxyl groups is 1. The number of carbonyl (C=O) groups excluding carboxylic acids is 2. The van der Waals surface area contributed by atoms with E-state index in [0.717, 1.165) is 0 Å². The van der Waals surface area contributed by atoms with Gasteiger partial charge in [0.1, 0.15) is 11.9 Å². The highest BCUT2D eigenvalue weighted by Crippen LogP contribution is 2.13. The number of carbonyl (C=O) groups is 2. The van der Waals surface area contributed by atoms with Crippen LogP contribution in [0.2, 0.25) is 0 Å². The number of hydrogen-bond acceptors (Lipinski definition) is 3. The number of halogens is 1. The van der Waals surface area contributed by atoms with Crippen molar-refractivity contribution in [3.05, 3.63) is 35.1 Å². The maximum Gasteiger partial charge on any atom is 0.254 e. The van der Waals surface area contributed by atoms with E-state index in [9.17, 15) is 19.1 Å². The molecule has 5 nitrogen and oxygen atoms in total. The molecule has 1 atom stereocenters. The highest BCUT2D eigenvalue weighted by atomic mass is 19.1. The molecule has 1 heterocycles. The Kier molecular flexibility index (Phi) is 4.57. The topological polar surface area (TPSA) is 60.9 Å². The van der Waals surface area contributed by atoms with Gasteiger partial charge in [-0.15, -0.1) is 0 Å². The Labute approximate surface area is 123 Å². The van der Waals surface area contributed by atoms with Crippen molar-refractivity contribution in [2.24, 2.45) is 0 Å². The Morgan fingerprint density at radius 3 is 2.24 bits per heavy atom. The first-order valence-electron chi connectivity index (χ1n) is 6.92. The van der Waals surface area contributed by atoms with Crippen LogP contribution in [0.4, 0.5) is 4.39 Å². The van der Waals surface area contributed by atoms with Gasteiger partial charge in [-0.3, -0.25) is 9.59 Å². The minimum Gasteiger partial charge on any atom is -0.384 e. The molecule has 1 aromatic rings. The Hall–Kier alpha value is -1.95. The summed E-state index contributed by atoms with van der Waals surface area (Å²) in [4.78, 5) is 27.1. The number of piperazine rings is 1. The minimum atomic E-state index is -1.03. The number of hydrogen-bond donors (Lipinski definition) is 1. The number of aryl methyl sites for hydroxylation is 1. The van der Waals surface area contributed by atoms with Gasteiger partial charge < -0.3 is 14.9 Å². The first kappa shape index (κ1) is 15.4. The summed E-state index contributed by atoms with van der Waals surface area (Å²) >= 11 is 0. The standard InChI is InChI=1S/C15H19FN2O3/c1-10-7-12(9-13(16)8-10)15(21)18-5-3-17(4-6-18)14(20)11(2)19/h7-9,11,19H,3-6H2,1-2H3/t11-/m1/s1. The Balaban J connectivity index is 2.02. The molecule has 6 heteroatoms. The molecule has 2 rings (SSSR count). The average Bonchev–Trinajstić information content (AvgIpc) is 2.44. The summed E-state index contributed by atoms with van der Waals surface area (Å²) < 4.78 is 13.4. The van der Waals surface area contributed by atoms with Gasteiger partial charge in [-0.25, -0.2) is 4.39 Å². The van der Waals surface area contributed by atoms with Gasteiger partial charge in [0.05, 0.1) is 0 Å². The summed E-state index contributed by atoms with van der Waals surface area (Å²) in [5.74, 6) is -0.994. The third-order valence-corrected chi connectivity index (χ3v) is 3.53. The van der Waals surface area contributed by atoms with Crippen LogP contribution in [0.1, 0.15) is 22.8 Å². The van der Waals surface area contributed by atoms with Crippen molar-refractivity contribution in [1.82, 2.24) is 9.80 Å². The summed E-state index contributed by atoms with van der Waals surface area (Å²) in [6.07, 6.45) is -1.03. The smallest absolute Gasteiger partial charge is 0.254 e. The number of aliphatic hydroxyl groups excluding tert-OH is 1. The van der Waals surface area contributed by atoms with Gasteiger partial charge in [0.15, 0.2) is 0 Å². The van der Waals surface area contributed by atoms with Crippen molar-refractivity contribution in [3.63, 3.8) is 0 Å². The molecule has 1 aliphatic rings. The molecule has 2 amide bonds. The van der Waals surface area contributed by atoms with Gasteiger partial charge in [0, 0.05) is 31.7 Å². The van der Waals surface area contributed by atoms with Crippen LogP contribution in [-0.2, 0) is 4.79 Å². The van der Waals surface area contributed by atoms with E-state index in [4.69, 9.17) is 0 Å². The predicted octanol–water partition coefficient (Wildman–Crippen LogP) is 0.799. The molecule has 0 radical (unpaired) electrons. The zero-order valence-corrected chi connectivity index (χ0v) is 12.2. The van der Waals surface area contributed by atoms with Gasteiger partial charge in [-0.1, -0.05) is 0 Å². The van der Waals surface area contributed by atoms with Gasteiger partial charge >= 0.3 is 0 Å². The lowest BCUT2D eigenvalue weighted by atomic mass is 10.1. The van der Waals surface area contributed by atoms with E-state index >= 15 is 0 Å². The first-order chi connectivity index (χ1) is 9.88. The second kappa shape index (κ2) is 6.22. The van der Waals surface area contributed by atoms with Crippen LogP contribution in [0.25, 0.3) is 0 Å². The third kappa shape index (κ3) is 3.58. The lowest BCUT2D eigenvalue weighted by molar-refractivity contribution is -0.140. The fourth-order valence-electron chi connectivity index (χ4n) is 2.44. The molecule has 0 bridgehead atoms. The maximum atomic E-state index is 13.4. The maximum absolute atomic E-state index is 13.4. The van der Waals surface area contributed by atoms with Crippen LogP contribution in [-0.4, -0.2) is 59.0 Å². The van der Waals surface area contributed by atoms with Gasteiger partial charge in [-0.2, -0.15) is 0 Å². The molecule has 1 saturated heterocycles. The molecule has 0 spiro atoms. The molecular weight excluding hydrogens is 275 g/mol. The molecule has 0 aliphatic carbocycles. The molecule has 1 fully saturated rings. The van der Waals surface area contributed by atoms with E-state index in [0.29, 0.717) is 37.3 Å². The SMILES string of the molecule is Cc1cc(F)cc(C(=O)N2CCN(C(=O)[C@@H](C)O)CC2)c1. The van der Waals surface area contributed by atoms with E-state index in [1.807, 2.05) is 0 Å². The van der Waals surface area contributed by atoms with Gasteiger partial charge in [-0.05, 0) is 37.6 Å². The van der Waals surface area contributed by atoms with Gasteiger partial charge in [0.2, 0.25) is 0 Å². The molecule has 1 N–H and O–H groups in total. The van der Waals surface area contributed by atoms with Crippen LogP contribution in [0.5, 0.6) is 0 Å². The number of amides is 2. The van der Waals surface area contributed by atoms with Gasteiger partial charge in [0.25, 0.3) is 11.8 Å². The fraction of sp³-hybridized carbons (Fsp3) is 0.467. The Morgan fingerprint density at radius 2 is 1.71 bits per heavy atom. The number of rotatable bonds is 2. The largest absolute Gasteiger partial charge is 0.384 e. The molecule has 0 aromatic heterocycles. The molecular formula is C15H19FN2O3. The zero-order chi connectivity index (χ0) is 15.6.